The molecule has 0 spiro atoms. The number of hydrogen-bond donors (Lipinski definition) is 0. The molecule has 0 radical (unpaired) electrons. The van der Waals surface area contributed by atoms with Gasteiger partial charge in [-0.3, -0.25) is 0 Å². The van der Waals surface area contributed by atoms with Gasteiger partial charge in [0.25, 0.3) is 0 Å². The molecule has 1 heterocycles. The topological polar surface area (TPSA) is 12.5 Å². The van der Waals surface area contributed by atoms with Crippen molar-refractivity contribution >= 4 is 0 Å². The molecule has 0 N–H and O–H groups in total. The Labute approximate surface area is 97.7 Å². The standard InChI is InChI=1S/C14H10F2O/c15-11-7-5-10(6-8-11)14(9-17-14)12-3-1-2-4-13(12)16/h1-8H,9H2/t14-/m1/s1. The van der Waals surface area contributed by atoms with Gasteiger partial charge in [0.05, 0.1) is 6.61 Å². The van der Waals surface area contributed by atoms with Crippen LogP contribution in [-0.2, 0) is 10.3 Å². The maximum Gasteiger partial charge on any atom is 0.144 e. The van der Waals surface area contributed by atoms with Gasteiger partial charge in [0.1, 0.15) is 17.2 Å². The highest BCUT2D eigenvalue weighted by atomic mass is 19.1. The fourth-order valence-corrected chi connectivity index (χ4v) is 2.06. The minimum absolute atomic E-state index is 0.297. The zero-order valence-electron chi connectivity index (χ0n) is 8.99. The molecule has 0 saturated carbocycles. The first-order chi connectivity index (χ1) is 8.22. The van der Waals surface area contributed by atoms with E-state index in [0.717, 1.165) is 5.56 Å². The first kappa shape index (κ1) is 10.4. The van der Waals surface area contributed by atoms with E-state index < -0.39 is 5.60 Å². The van der Waals surface area contributed by atoms with Crippen molar-refractivity contribution in [2.45, 2.75) is 5.60 Å². The Kier molecular flexibility index (Phi) is 2.23. The molecule has 1 aliphatic rings. The average Bonchev–Trinajstić information content (AvgIpc) is 3.12. The molecule has 3 rings (SSSR count). The second-order valence-electron chi connectivity index (χ2n) is 4.10. The molecule has 0 amide bonds. The Hall–Kier alpha value is -1.74. The van der Waals surface area contributed by atoms with E-state index in [-0.39, 0.29) is 11.6 Å². The van der Waals surface area contributed by atoms with Crippen molar-refractivity contribution in [3.05, 3.63) is 71.3 Å². The van der Waals surface area contributed by atoms with Gasteiger partial charge >= 0.3 is 0 Å². The summed E-state index contributed by atoms with van der Waals surface area (Å²) in [7, 11) is 0. The van der Waals surface area contributed by atoms with E-state index >= 15 is 0 Å². The van der Waals surface area contributed by atoms with E-state index in [2.05, 4.69) is 0 Å². The molecule has 1 aliphatic heterocycles. The fraction of sp³-hybridized carbons (Fsp3) is 0.143. The molecular weight excluding hydrogens is 222 g/mol. The number of hydrogen-bond acceptors (Lipinski definition) is 1. The van der Waals surface area contributed by atoms with Crippen LogP contribution in [0.2, 0.25) is 0 Å². The van der Waals surface area contributed by atoms with Gasteiger partial charge in [0, 0.05) is 5.56 Å². The summed E-state index contributed by atoms with van der Waals surface area (Å²) in [6, 6.07) is 12.5. The molecule has 2 aromatic rings. The van der Waals surface area contributed by atoms with E-state index in [1.165, 1.54) is 18.2 Å². The van der Waals surface area contributed by atoms with Gasteiger partial charge in [-0.05, 0) is 23.8 Å². The summed E-state index contributed by atoms with van der Waals surface area (Å²) in [5, 5.41) is 0. The van der Waals surface area contributed by atoms with Crippen molar-refractivity contribution < 1.29 is 13.5 Å². The van der Waals surface area contributed by atoms with Gasteiger partial charge in [-0.15, -0.1) is 0 Å². The Bertz CT molecular complexity index is 544. The number of ether oxygens (including phenoxy) is 1. The zero-order valence-corrected chi connectivity index (χ0v) is 8.99. The quantitative estimate of drug-likeness (QED) is 0.724. The Morgan fingerprint density at radius 3 is 2.18 bits per heavy atom. The first-order valence-corrected chi connectivity index (χ1v) is 5.37. The molecule has 0 aliphatic carbocycles. The minimum atomic E-state index is -0.723. The molecule has 3 heteroatoms. The van der Waals surface area contributed by atoms with Crippen molar-refractivity contribution in [3.8, 4) is 0 Å². The summed E-state index contributed by atoms with van der Waals surface area (Å²) in [5.41, 5.74) is 0.564. The molecular formula is C14H10F2O. The molecule has 1 saturated heterocycles. The van der Waals surface area contributed by atoms with Gasteiger partial charge in [-0.25, -0.2) is 8.78 Å². The van der Waals surface area contributed by atoms with Crippen LogP contribution in [0.5, 0.6) is 0 Å². The van der Waals surface area contributed by atoms with E-state index in [1.54, 1.807) is 30.3 Å². The Morgan fingerprint density at radius 2 is 1.59 bits per heavy atom. The first-order valence-electron chi connectivity index (χ1n) is 5.37. The Balaban J connectivity index is 2.08. The summed E-state index contributed by atoms with van der Waals surface area (Å²) in [6.07, 6.45) is 0. The summed E-state index contributed by atoms with van der Waals surface area (Å²) >= 11 is 0. The summed E-state index contributed by atoms with van der Waals surface area (Å²) in [4.78, 5) is 0. The number of epoxide rings is 1. The highest BCUT2D eigenvalue weighted by Gasteiger charge is 2.49. The third kappa shape index (κ3) is 1.63. The van der Waals surface area contributed by atoms with Crippen LogP contribution in [0.15, 0.2) is 48.5 Å². The van der Waals surface area contributed by atoms with E-state index in [1.807, 2.05) is 0 Å². The summed E-state index contributed by atoms with van der Waals surface area (Å²) in [6.45, 7) is 0.430. The predicted molar refractivity (Wildman–Crippen MR) is 59.5 cm³/mol. The van der Waals surface area contributed by atoms with E-state index in [9.17, 15) is 8.78 Å². The molecule has 0 unspecified atom stereocenters. The van der Waals surface area contributed by atoms with Crippen molar-refractivity contribution in [2.75, 3.05) is 6.61 Å². The lowest BCUT2D eigenvalue weighted by Crippen LogP contribution is -2.12. The van der Waals surface area contributed by atoms with Crippen LogP contribution in [-0.4, -0.2) is 6.61 Å². The highest BCUT2D eigenvalue weighted by molar-refractivity contribution is 5.41. The third-order valence-corrected chi connectivity index (χ3v) is 3.05. The lowest BCUT2D eigenvalue weighted by atomic mass is 9.91. The van der Waals surface area contributed by atoms with E-state index in [0.29, 0.717) is 12.2 Å². The highest BCUT2D eigenvalue weighted by Crippen LogP contribution is 2.45. The smallest absolute Gasteiger partial charge is 0.144 e. The van der Waals surface area contributed by atoms with Crippen LogP contribution < -0.4 is 0 Å². The van der Waals surface area contributed by atoms with Crippen molar-refractivity contribution in [1.82, 2.24) is 0 Å². The van der Waals surface area contributed by atoms with Gasteiger partial charge in [-0.2, -0.15) is 0 Å². The maximum absolute atomic E-state index is 13.7. The number of rotatable bonds is 2. The number of benzene rings is 2. The third-order valence-electron chi connectivity index (χ3n) is 3.05. The molecule has 0 bridgehead atoms. The van der Waals surface area contributed by atoms with Crippen LogP contribution >= 0.6 is 0 Å². The molecule has 1 fully saturated rings. The molecule has 2 aromatic carbocycles. The second-order valence-corrected chi connectivity index (χ2v) is 4.10. The number of halogens is 2. The molecule has 1 atom stereocenters. The normalized spacial score (nSPS) is 22.5. The average molecular weight is 232 g/mol. The second kappa shape index (κ2) is 3.64. The van der Waals surface area contributed by atoms with Crippen LogP contribution in [0.1, 0.15) is 11.1 Å². The van der Waals surface area contributed by atoms with Crippen LogP contribution in [0.3, 0.4) is 0 Å². The van der Waals surface area contributed by atoms with E-state index in [4.69, 9.17) is 4.74 Å². The van der Waals surface area contributed by atoms with Crippen molar-refractivity contribution in [1.29, 1.82) is 0 Å². The minimum Gasteiger partial charge on any atom is -0.359 e. The van der Waals surface area contributed by atoms with Gasteiger partial charge in [0.2, 0.25) is 0 Å². The summed E-state index contributed by atoms with van der Waals surface area (Å²) in [5.74, 6) is -0.604. The lowest BCUT2D eigenvalue weighted by molar-refractivity contribution is 0.341. The largest absolute Gasteiger partial charge is 0.359 e. The van der Waals surface area contributed by atoms with Gasteiger partial charge in [0.15, 0.2) is 0 Å². The Morgan fingerprint density at radius 1 is 0.941 bits per heavy atom. The SMILES string of the molecule is Fc1ccc([C@@]2(c3ccccc3F)CO2)cc1. The monoisotopic (exact) mass is 232 g/mol. The van der Waals surface area contributed by atoms with Gasteiger partial charge < -0.3 is 4.74 Å². The van der Waals surface area contributed by atoms with Gasteiger partial charge in [-0.1, -0.05) is 30.3 Å². The van der Waals surface area contributed by atoms with Crippen LogP contribution in [0, 0.1) is 11.6 Å². The molecule has 86 valence electrons. The molecule has 17 heavy (non-hydrogen) atoms. The van der Waals surface area contributed by atoms with Crippen LogP contribution in [0.4, 0.5) is 8.78 Å². The predicted octanol–water partition coefficient (Wildman–Crippen LogP) is 3.24. The van der Waals surface area contributed by atoms with Crippen LogP contribution in [0.25, 0.3) is 0 Å². The summed E-state index contributed by atoms with van der Waals surface area (Å²) < 4.78 is 32.0. The zero-order chi connectivity index (χ0) is 11.9. The molecule has 0 aromatic heterocycles. The van der Waals surface area contributed by atoms with Crippen molar-refractivity contribution in [2.24, 2.45) is 0 Å². The maximum atomic E-state index is 13.7. The van der Waals surface area contributed by atoms with Crippen molar-refractivity contribution in [3.63, 3.8) is 0 Å². The fourth-order valence-electron chi connectivity index (χ4n) is 2.06. The molecule has 1 nitrogen and oxygen atoms in total. The lowest BCUT2D eigenvalue weighted by Gasteiger charge is -2.13.